The number of benzene rings is 1. The molecule has 1 aromatic carbocycles. The summed E-state index contributed by atoms with van der Waals surface area (Å²) >= 11 is 5.98. The van der Waals surface area contributed by atoms with Gasteiger partial charge in [-0.05, 0) is 56.1 Å². The van der Waals surface area contributed by atoms with Gasteiger partial charge in [0.05, 0.1) is 7.11 Å². The molecule has 1 aliphatic heterocycles. The molecular weight excluding hydrogens is 253 g/mol. The smallest absolute Gasteiger partial charge is 0.122 e. The lowest BCUT2D eigenvalue weighted by molar-refractivity contribution is 0.143. The van der Waals surface area contributed by atoms with Gasteiger partial charge >= 0.3 is 0 Å². The van der Waals surface area contributed by atoms with Crippen LogP contribution in [0.2, 0.25) is 5.02 Å². The van der Waals surface area contributed by atoms with Crippen molar-refractivity contribution < 1.29 is 9.13 Å². The van der Waals surface area contributed by atoms with Crippen molar-refractivity contribution in [1.82, 2.24) is 5.32 Å². The van der Waals surface area contributed by atoms with Gasteiger partial charge in [-0.1, -0.05) is 11.6 Å². The fourth-order valence-corrected chi connectivity index (χ4v) is 2.69. The van der Waals surface area contributed by atoms with E-state index in [1.165, 1.54) is 0 Å². The monoisotopic (exact) mass is 271 g/mol. The topological polar surface area (TPSA) is 21.3 Å². The fourth-order valence-electron chi connectivity index (χ4n) is 2.50. The minimum atomic E-state index is -1.15. The first kappa shape index (κ1) is 13.6. The molecule has 1 heterocycles. The van der Waals surface area contributed by atoms with E-state index in [9.17, 15) is 4.39 Å². The van der Waals surface area contributed by atoms with Crippen LogP contribution in [0.5, 0.6) is 5.75 Å². The van der Waals surface area contributed by atoms with Crippen molar-refractivity contribution in [2.24, 2.45) is 0 Å². The first-order chi connectivity index (χ1) is 8.63. The minimum absolute atomic E-state index is 0.373. The molecular formula is C14H19ClFNO. The zero-order valence-electron chi connectivity index (χ0n) is 10.6. The maximum absolute atomic E-state index is 14.8. The zero-order chi connectivity index (χ0) is 13.0. The summed E-state index contributed by atoms with van der Waals surface area (Å²) in [7, 11) is 1.60. The Labute approximate surface area is 112 Å². The van der Waals surface area contributed by atoms with Gasteiger partial charge in [0.2, 0.25) is 0 Å². The Balaban J connectivity index is 2.18. The molecule has 1 atom stereocenters. The van der Waals surface area contributed by atoms with Crippen molar-refractivity contribution in [2.45, 2.75) is 31.4 Å². The van der Waals surface area contributed by atoms with E-state index in [0.29, 0.717) is 30.0 Å². The summed E-state index contributed by atoms with van der Waals surface area (Å²) in [6.45, 7) is 1.64. The molecule has 1 aromatic rings. The molecule has 2 rings (SSSR count). The van der Waals surface area contributed by atoms with E-state index in [2.05, 4.69) is 5.32 Å². The summed E-state index contributed by atoms with van der Waals surface area (Å²) in [5.41, 5.74) is -0.295. The Kier molecular flexibility index (Phi) is 4.46. The van der Waals surface area contributed by atoms with Gasteiger partial charge in [-0.25, -0.2) is 4.39 Å². The highest BCUT2D eigenvalue weighted by molar-refractivity contribution is 6.30. The van der Waals surface area contributed by atoms with Crippen LogP contribution in [-0.2, 0) is 6.42 Å². The predicted molar refractivity (Wildman–Crippen MR) is 72.3 cm³/mol. The third-order valence-corrected chi connectivity index (χ3v) is 3.71. The van der Waals surface area contributed by atoms with Crippen LogP contribution in [0.3, 0.4) is 0 Å². The molecule has 0 spiro atoms. The van der Waals surface area contributed by atoms with E-state index in [4.69, 9.17) is 16.3 Å². The quantitative estimate of drug-likeness (QED) is 0.910. The second-order valence-corrected chi connectivity index (χ2v) is 5.32. The van der Waals surface area contributed by atoms with Crippen LogP contribution in [0, 0.1) is 0 Å². The second kappa shape index (κ2) is 5.89. The highest BCUT2D eigenvalue weighted by atomic mass is 35.5. The van der Waals surface area contributed by atoms with Gasteiger partial charge < -0.3 is 10.1 Å². The number of methoxy groups -OCH3 is 1. The van der Waals surface area contributed by atoms with Gasteiger partial charge in [0.25, 0.3) is 0 Å². The number of ether oxygens (including phenoxy) is 1. The Morgan fingerprint density at radius 3 is 3.00 bits per heavy atom. The molecule has 0 bridgehead atoms. The molecule has 1 unspecified atom stereocenters. The fraction of sp³-hybridized carbons (Fsp3) is 0.571. The van der Waals surface area contributed by atoms with Crippen molar-refractivity contribution in [3.8, 4) is 5.75 Å². The molecule has 0 radical (unpaired) electrons. The molecule has 2 nitrogen and oxygen atoms in total. The lowest BCUT2D eigenvalue weighted by atomic mass is 9.89. The molecule has 4 heteroatoms. The number of hydrogen-bond acceptors (Lipinski definition) is 2. The van der Waals surface area contributed by atoms with Crippen molar-refractivity contribution in [1.29, 1.82) is 0 Å². The summed E-state index contributed by atoms with van der Waals surface area (Å²) in [5, 5.41) is 3.86. The summed E-state index contributed by atoms with van der Waals surface area (Å²) in [5.74, 6) is 0.716. The van der Waals surface area contributed by atoms with Gasteiger partial charge in [0.1, 0.15) is 11.4 Å². The maximum Gasteiger partial charge on any atom is 0.122 e. The average molecular weight is 272 g/mol. The van der Waals surface area contributed by atoms with Crippen molar-refractivity contribution in [3.05, 3.63) is 28.8 Å². The minimum Gasteiger partial charge on any atom is -0.496 e. The lowest BCUT2D eigenvalue weighted by Gasteiger charge is -2.24. The third kappa shape index (κ3) is 3.36. The first-order valence-electron chi connectivity index (χ1n) is 6.35. The van der Waals surface area contributed by atoms with Crippen LogP contribution in [-0.4, -0.2) is 25.9 Å². The van der Waals surface area contributed by atoms with Crippen LogP contribution in [0.1, 0.15) is 24.8 Å². The molecule has 18 heavy (non-hydrogen) atoms. The van der Waals surface area contributed by atoms with Gasteiger partial charge in [-0.2, -0.15) is 0 Å². The summed E-state index contributed by atoms with van der Waals surface area (Å²) in [6.07, 6.45) is 2.39. The Hall–Kier alpha value is -0.800. The van der Waals surface area contributed by atoms with E-state index in [0.717, 1.165) is 25.1 Å². The number of nitrogens with one attached hydrogen (secondary N) is 1. The third-order valence-electron chi connectivity index (χ3n) is 3.48. The normalized spacial score (nSPS) is 24.6. The molecule has 0 amide bonds. The Morgan fingerprint density at radius 1 is 1.39 bits per heavy atom. The van der Waals surface area contributed by atoms with Crippen LogP contribution in [0.25, 0.3) is 0 Å². The average Bonchev–Trinajstić information content (AvgIpc) is 2.54. The first-order valence-corrected chi connectivity index (χ1v) is 6.73. The van der Waals surface area contributed by atoms with Crippen molar-refractivity contribution in [2.75, 3.05) is 20.2 Å². The number of hydrogen-bond donors (Lipinski definition) is 1. The van der Waals surface area contributed by atoms with Gasteiger partial charge in [0.15, 0.2) is 0 Å². The number of alkyl halides is 1. The van der Waals surface area contributed by atoms with E-state index in [-0.39, 0.29) is 0 Å². The molecule has 1 fully saturated rings. The lowest BCUT2D eigenvalue weighted by Crippen LogP contribution is -2.27. The van der Waals surface area contributed by atoms with Gasteiger partial charge in [0, 0.05) is 11.4 Å². The predicted octanol–water partition coefficient (Wildman–Crippen LogP) is 3.37. The van der Waals surface area contributed by atoms with Crippen LogP contribution < -0.4 is 10.1 Å². The van der Waals surface area contributed by atoms with E-state index >= 15 is 0 Å². The highest BCUT2D eigenvalue weighted by Crippen LogP contribution is 2.33. The van der Waals surface area contributed by atoms with Crippen molar-refractivity contribution in [3.63, 3.8) is 0 Å². The summed E-state index contributed by atoms with van der Waals surface area (Å²) in [6, 6.07) is 5.37. The number of rotatable bonds is 3. The van der Waals surface area contributed by atoms with Gasteiger partial charge in [-0.3, -0.25) is 0 Å². The standard InChI is InChI=1S/C14H19ClFNO/c1-18-13-4-3-12(15)9-11(13)10-14(16)5-2-7-17-8-6-14/h3-4,9,17H,2,5-8,10H2,1H3. The van der Waals surface area contributed by atoms with Crippen LogP contribution >= 0.6 is 11.6 Å². The second-order valence-electron chi connectivity index (χ2n) is 4.89. The molecule has 1 N–H and O–H groups in total. The SMILES string of the molecule is COc1ccc(Cl)cc1CC1(F)CCCNCC1. The molecule has 0 aromatic heterocycles. The van der Waals surface area contributed by atoms with Crippen LogP contribution in [0.15, 0.2) is 18.2 Å². The molecule has 0 aliphatic carbocycles. The van der Waals surface area contributed by atoms with Crippen LogP contribution in [0.4, 0.5) is 4.39 Å². The zero-order valence-corrected chi connectivity index (χ0v) is 11.4. The van der Waals surface area contributed by atoms with E-state index in [1.54, 1.807) is 25.3 Å². The van der Waals surface area contributed by atoms with Crippen molar-refractivity contribution >= 4 is 11.6 Å². The molecule has 1 aliphatic rings. The largest absolute Gasteiger partial charge is 0.496 e. The number of halogens is 2. The Morgan fingerprint density at radius 2 is 2.22 bits per heavy atom. The highest BCUT2D eigenvalue weighted by Gasteiger charge is 2.31. The Bertz CT molecular complexity index is 403. The molecule has 1 saturated heterocycles. The molecule has 100 valence electrons. The van der Waals surface area contributed by atoms with E-state index < -0.39 is 5.67 Å². The van der Waals surface area contributed by atoms with E-state index in [1.807, 2.05) is 0 Å². The van der Waals surface area contributed by atoms with Gasteiger partial charge in [-0.15, -0.1) is 0 Å². The summed E-state index contributed by atoms with van der Waals surface area (Å²) < 4.78 is 20.1. The molecule has 0 saturated carbocycles. The summed E-state index contributed by atoms with van der Waals surface area (Å²) in [4.78, 5) is 0. The maximum atomic E-state index is 14.8.